The molecule has 0 aliphatic rings. The predicted octanol–water partition coefficient (Wildman–Crippen LogP) is 12.9. The zero-order valence-corrected chi connectivity index (χ0v) is 26.3. The summed E-state index contributed by atoms with van der Waals surface area (Å²) >= 11 is 0. The number of rotatable bonds is 5. The van der Waals surface area contributed by atoms with Gasteiger partial charge in [0.25, 0.3) is 0 Å². The van der Waals surface area contributed by atoms with Crippen molar-refractivity contribution in [1.29, 1.82) is 0 Å². The van der Waals surface area contributed by atoms with E-state index in [0.29, 0.717) is 0 Å². The van der Waals surface area contributed by atoms with Crippen molar-refractivity contribution in [3.63, 3.8) is 0 Å². The van der Waals surface area contributed by atoms with Gasteiger partial charge in [-0.05, 0) is 83.9 Å². The fourth-order valence-electron chi connectivity index (χ4n) is 7.21. The lowest BCUT2D eigenvalue weighted by molar-refractivity contribution is 1.32. The highest BCUT2D eigenvalue weighted by molar-refractivity contribution is 6.25. The van der Waals surface area contributed by atoms with Crippen LogP contribution in [0.25, 0.3) is 88.2 Å². The minimum atomic E-state index is 0.962. The standard InChI is InChI=1S/C47H31N/c1-3-15-32(16-4-1)46-30-35(31-47(48-46)33-17-5-2-6-18-33)37-20-8-10-22-39(37)38-21-9-7-19-36(38)34-27-28-44-42-25-12-11-23-40(42)41-24-13-14-26-43(41)45(44)29-34/h1-31H. The van der Waals surface area contributed by atoms with Crippen molar-refractivity contribution < 1.29 is 0 Å². The van der Waals surface area contributed by atoms with Crippen molar-refractivity contribution in [2.24, 2.45) is 0 Å². The summed E-state index contributed by atoms with van der Waals surface area (Å²) in [6, 6.07) is 67.5. The van der Waals surface area contributed by atoms with Crippen LogP contribution in [0, 0.1) is 0 Å². The van der Waals surface area contributed by atoms with Crippen molar-refractivity contribution in [3.05, 3.63) is 188 Å². The summed E-state index contributed by atoms with van der Waals surface area (Å²) in [4.78, 5) is 5.14. The van der Waals surface area contributed by atoms with Gasteiger partial charge in [0.2, 0.25) is 0 Å². The lowest BCUT2D eigenvalue weighted by atomic mass is 9.87. The molecule has 0 atom stereocenters. The largest absolute Gasteiger partial charge is 0.248 e. The first-order chi connectivity index (χ1) is 23.8. The minimum absolute atomic E-state index is 0.962. The molecule has 1 heteroatoms. The van der Waals surface area contributed by atoms with E-state index in [1.165, 1.54) is 60.1 Å². The molecule has 1 nitrogen and oxygen atoms in total. The van der Waals surface area contributed by atoms with Crippen LogP contribution in [0.1, 0.15) is 0 Å². The van der Waals surface area contributed by atoms with Gasteiger partial charge < -0.3 is 0 Å². The van der Waals surface area contributed by atoms with Crippen LogP contribution >= 0.6 is 0 Å². The van der Waals surface area contributed by atoms with Gasteiger partial charge in [0.05, 0.1) is 11.4 Å². The highest BCUT2D eigenvalue weighted by Crippen LogP contribution is 2.42. The summed E-state index contributed by atoms with van der Waals surface area (Å²) in [5, 5.41) is 7.72. The second-order valence-electron chi connectivity index (χ2n) is 12.3. The van der Waals surface area contributed by atoms with E-state index in [-0.39, 0.29) is 0 Å². The molecule has 0 fully saturated rings. The molecule has 0 radical (unpaired) electrons. The molecule has 224 valence electrons. The zero-order chi connectivity index (χ0) is 31.9. The van der Waals surface area contributed by atoms with Crippen molar-refractivity contribution in [1.82, 2.24) is 4.98 Å². The molecule has 1 heterocycles. The van der Waals surface area contributed by atoms with Crippen molar-refractivity contribution in [2.75, 3.05) is 0 Å². The summed E-state index contributed by atoms with van der Waals surface area (Å²) in [6.45, 7) is 0. The number of hydrogen-bond acceptors (Lipinski definition) is 1. The maximum absolute atomic E-state index is 5.14. The van der Waals surface area contributed by atoms with Gasteiger partial charge in [-0.15, -0.1) is 0 Å². The number of benzene rings is 8. The van der Waals surface area contributed by atoms with Crippen LogP contribution in [0.5, 0.6) is 0 Å². The first-order valence-electron chi connectivity index (χ1n) is 16.5. The Morgan fingerprint density at radius 1 is 0.229 bits per heavy atom. The van der Waals surface area contributed by atoms with E-state index in [4.69, 9.17) is 4.98 Å². The van der Waals surface area contributed by atoms with Crippen LogP contribution in [0.2, 0.25) is 0 Å². The van der Waals surface area contributed by atoms with Crippen molar-refractivity contribution >= 4 is 32.3 Å². The van der Waals surface area contributed by atoms with Crippen molar-refractivity contribution in [2.45, 2.75) is 0 Å². The molecule has 48 heavy (non-hydrogen) atoms. The number of nitrogens with zero attached hydrogens (tertiary/aromatic N) is 1. The fourth-order valence-corrected chi connectivity index (χ4v) is 7.21. The minimum Gasteiger partial charge on any atom is -0.248 e. The van der Waals surface area contributed by atoms with Crippen LogP contribution in [-0.2, 0) is 0 Å². The van der Waals surface area contributed by atoms with E-state index in [0.717, 1.165) is 28.1 Å². The molecule has 0 saturated heterocycles. The molecular formula is C47H31N. The topological polar surface area (TPSA) is 12.9 Å². The third kappa shape index (κ3) is 4.85. The third-order valence-corrected chi connectivity index (χ3v) is 9.47. The Bertz CT molecular complexity index is 2510. The summed E-state index contributed by atoms with van der Waals surface area (Å²) in [5.74, 6) is 0. The molecule has 1 aromatic heterocycles. The third-order valence-electron chi connectivity index (χ3n) is 9.47. The molecule has 0 aliphatic carbocycles. The Morgan fingerprint density at radius 3 is 1.10 bits per heavy atom. The predicted molar refractivity (Wildman–Crippen MR) is 204 cm³/mol. The summed E-state index contributed by atoms with van der Waals surface area (Å²) in [6.07, 6.45) is 0. The molecule has 0 amide bonds. The van der Waals surface area contributed by atoms with Gasteiger partial charge in [0.15, 0.2) is 0 Å². The Morgan fingerprint density at radius 2 is 0.604 bits per heavy atom. The monoisotopic (exact) mass is 609 g/mol. The van der Waals surface area contributed by atoms with Gasteiger partial charge in [0, 0.05) is 11.1 Å². The lowest BCUT2D eigenvalue weighted by Gasteiger charge is -2.17. The van der Waals surface area contributed by atoms with E-state index in [1.807, 2.05) is 0 Å². The highest BCUT2D eigenvalue weighted by atomic mass is 14.7. The van der Waals surface area contributed by atoms with Gasteiger partial charge in [0.1, 0.15) is 0 Å². The molecule has 9 rings (SSSR count). The van der Waals surface area contributed by atoms with Crippen LogP contribution in [0.4, 0.5) is 0 Å². The molecule has 0 N–H and O–H groups in total. The summed E-state index contributed by atoms with van der Waals surface area (Å²) < 4.78 is 0. The molecule has 0 unspecified atom stereocenters. The molecular weight excluding hydrogens is 579 g/mol. The number of hydrogen-bond donors (Lipinski definition) is 0. The van der Waals surface area contributed by atoms with E-state index in [1.54, 1.807) is 0 Å². The normalized spacial score (nSPS) is 11.3. The number of aromatic nitrogens is 1. The zero-order valence-electron chi connectivity index (χ0n) is 26.3. The quantitative estimate of drug-likeness (QED) is 0.177. The lowest BCUT2D eigenvalue weighted by Crippen LogP contribution is -1.93. The first-order valence-corrected chi connectivity index (χ1v) is 16.5. The Labute approximate surface area is 280 Å². The average molecular weight is 610 g/mol. The molecule has 9 aromatic rings. The maximum atomic E-state index is 5.14. The molecule has 0 aliphatic heterocycles. The van der Waals surface area contributed by atoms with Crippen molar-refractivity contribution in [3.8, 4) is 55.9 Å². The van der Waals surface area contributed by atoms with E-state index in [2.05, 4.69) is 188 Å². The SMILES string of the molecule is c1ccc(-c2cc(-c3ccccc3-c3ccccc3-c3ccc4c5ccccc5c5ccccc5c4c3)cc(-c3ccccc3)n2)cc1. The van der Waals surface area contributed by atoms with Crippen LogP contribution in [-0.4, -0.2) is 4.98 Å². The van der Waals surface area contributed by atoms with Gasteiger partial charge in [-0.1, -0.05) is 170 Å². The van der Waals surface area contributed by atoms with Crippen LogP contribution in [0.15, 0.2) is 188 Å². The van der Waals surface area contributed by atoms with Gasteiger partial charge in [-0.3, -0.25) is 0 Å². The molecule has 0 spiro atoms. The van der Waals surface area contributed by atoms with Gasteiger partial charge >= 0.3 is 0 Å². The summed E-state index contributed by atoms with van der Waals surface area (Å²) in [7, 11) is 0. The smallest absolute Gasteiger partial charge is 0.0715 e. The van der Waals surface area contributed by atoms with Crippen LogP contribution < -0.4 is 0 Å². The second kappa shape index (κ2) is 11.8. The average Bonchev–Trinajstić information content (AvgIpc) is 3.18. The summed E-state index contributed by atoms with van der Waals surface area (Å²) in [5.41, 5.74) is 11.3. The Kier molecular flexibility index (Phi) is 6.87. The Hall–Kier alpha value is -6.31. The second-order valence-corrected chi connectivity index (χ2v) is 12.3. The number of pyridine rings is 1. The van der Waals surface area contributed by atoms with Gasteiger partial charge in [-0.25, -0.2) is 4.98 Å². The van der Waals surface area contributed by atoms with Crippen LogP contribution in [0.3, 0.4) is 0 Å². The molecule has 0 saturated carbocycles. The van der Waals surface area contributed by atoms with E-state index in [9.17, 15) is 0 Å². The van der Waals surface area contributed by atoms with E-state index >= 15 is 0 Å². The van der Waals surface area contributed by atoms with Gasteiger partial charge in [-0.2, -0.15) is 0 Å². The number of fused-ring (bicyclic) bond motifs is 6. The highest BCUT2D eigenvalue weighted by Gasteiger charge is 2.16. The Balaban J connectivity index is 1.25. The fraction of sp³-hybridized carbons (Fsp3) is 0. The molecule has 0 bridgehead atoms. The first kappa shape index (κ1) is 28.0. The molecule has 8 aromatic carbocycles. The maximum Gasteiger partial charge on any atom is 0.0715 e. The van der Waals surface area contributed by atoms with E-state index < -0.39 is 0 Å².